The van der Waals surface area contributed by atoms with E-state index in [9.17, 15) is 19.2 Å². The number of hydrazine groups is 1. The van der Waals surface area contributed by atoms with Gasteiger partial charge in [-0.2, -0.15) is 0 Å². The maximum Gasteiger partial charge on any atom is 0.258 e. The minimum atomic E-state index is -0.908. The molecule has 0 spiro atoms. The van der Waals surface area contributed by atoms with Crippen LogP contribution in [0.15, 0.2) is 36.4 Å². The second kappa shape index (κ2) is 13.7. The number of nitrogens with one attached hydrogen (secondary N) is 4. The van der Waals surface area contributed by atoms with Crippen molar-refractivity contribution in [3.8, 4) is 0 Å². The van der Waals surface area contributed by atoms with Gasteiger partial charge in [-0.3, -0.25) is 29.2 Å². The van der Waals surface area contributed by atoms with Gasteiger partial charge in [0.25, 0.3) is 5.91 Å². The predicted octanol–water partition coefficient (Wildman–Crippen LogP) is 2.72. The van der Waals surface area contributed by atoms with Crippen LogP contribution in [0, 0.1) is 11.3 Å². The molecule has 10 heteroatoms. The number of rotatable bonds is 10. The van der Waals surface area contributed by atoms with Crippen molar-refractivity contribution in [1.82, 2.24) is 31.4 Å². The normalized spacial score (nSPS) is 17.4. The van der Waals surface area contributed by atoms with E-state index in [4.69, 9.17) is 0 Å². The van der Waals surface area contributed by atoms with Gasteiger partial charge in [0.15, 0.2) is 0 Å². The molecule has 3 rings (SSSR count). The van der Waals surface area contributed by atoms with Crippen LogP contribution in [0.3, 0.4) is 0 Å². The summed E-state index contributed by atoms with van der Waals surface area (Å²) in [6.45, 7) is 11.4. The Hall–Kier alpha value is -3.79. The maximum atomic E-state index is 13.3. The summed E-state index contributed by atoms with van der Waals surface area (Å²) < 4.78 is 0. The zero-order valence-corrected chi connectivity index (χ0v) is 25.2. The van der Waals surface area contributed by atoms with Crippen LogP contribution < -0.4 is 21.4 Å². The zero-order chi connectivity index (χ0) is 30.3. The first kappa shape index (κ1) is 31.7. The van der Waals surface area contributed by atoms with Crippen molar-refractivity contribution in [3.63, 3.8) is 0 Å². The second-order valence-electron chi connectivity index (χ2n) is 11.5. The van der Waals surface area contributed by atoms with Crippen LogP contribution in [0.1, 0.15) is 65.6 Å². The lowest BCUT2D eigenvalue weighted by atomic mass is 9.89. The molecule has 3 unspecified atom stereocenters. The van der Waals surface area contributed by atoms with E-state index in [0.717, 1.165) is 28.6 Å². The highest BCUT2D eigenvalue weighted by Crippen LogP contribution is 2.22. The number of pyridine rings is 1. The van der Waals surface area contributed by atoms with Crippen molar-refractivity contribution < 1.29 is 19.2 Å². The first-order valence-electron chi connectivity index (χ1n) is 14.4. The van der Waals surface area contributed by atoms with E-state index in [0.29, 0.717) is 19.4 Å². The van der Waals surface area contributed by atoms with Crippen molar-refractivity contribution >= 4 is 40.6 Å². The quantitative estimate of drug-likeness (QED) is 0.351. The summed E-state index contributed by atoms with van der Waals surface area (Å²) in [4.78, 5) is 56.2. The molecule has 1 aliphatic heterocycles. The number of benzene rings is 1. The largest absolute Gasteiger partial charge is 0.358 e. The number of carbonyl (C=O) groups excluding carboxylic acids is 4. The number of hydrogen-bond acceptors (Lipinski definition) is 6. The first-order chi connectivity index (χ1) is 19.4. The highest BCUT2D eigenvalue weighted by atomic mass is 16.2. The molecule has 1 aromatic heterocycles. The Balaban J connectivity index is 1.64. The highest BCUT2D eigenvalue weighted by Gasteiger charge is 2.34. The molecule has 2 heterocycles. The van der Waals surface area contributed by atoms with Crippen LogP contribution >= 0.6 is 0 Å². The van der Waals surface area contributed by atoms with Gasteiger partial charge in [-0.05, 0) is 63.6 Å². The van der Waals surface area contributed by atoms with E-state index in [-0.39, 0.29) is 23.6 Å². The fourth-order valence-electron chi connectivity index (χ4n) is 4.63. The molecule has 0 radical (unpaired) electrons. The standard InChI is InChI=1S/C31H44N6O4/c1-8-23-14-13-22-12-11-21(18-25(22)34-23)15-16-31(5,6)30(41)35-26(19(2)3)28(39)33-20(4)29(40)37-17-9-10-24(36-37)27(38)32-7/h11-16,18-20,24,26,36H,8-10,17H2,1-7H3,(H,32,38)(H,33,39)(H,35,41)/b16-15+. The van der Waals surface area contributed by atoms with Gasteiger partial charge in [0.1, 0.15) is 18.1 Å². The van der Waals surface area contributed by atoms with Crippen molar-refractivity contribution in [2.24, 2.45) is 11.3 Å². The molecule has 1 saturated heterocycles. The summed E-state index contributed by atoms with van der Waals surface area (Å²) in [6.07, 6.45) is 5.85. The molecule has 1 aromatic carbocycles. The molecule has 1 fully saturated rings. The summed E-state index contributed by atoms with van der Waals surface area (Å²) in [7, 11) is 1.55. The number of carbonyl (C=O) groups is 4. The van der Waals surface area contributed by atoms with Crippen LogP contribution in [0.5, 0.6) is 0 Å². The fourth-order valence-corrected chi connectivity index (χ4v) is 4.63. The van der Waals surface area contributed by atoms with Crippen LogP contribution in [0.25, 0.3) is 17.0 Å². The average molecular weight is 565 g/mol. The van der Waals surface area contributed by atoms with Gasteiger partial charge in [-0.1, -0.05) is 51.1 Å². The lowest BCUT2D eigenvalue weighted by molar-refractivity contribution is -0.143. The third kappa shape index (κ3) is 8.13. The summed E-state index contributed by atoms with van der Waals surface area (Å²) in [5.74, 6) is -1.51. The molecular weight excluding hydrogens is 520 g/mol. The molecule has 4 amide bonds. The molecule has 3 atom stereocenters. The Bertz CT molecular complexity index is 1300. The van der Waals surface area contributed by atoms with E-state index in [1.807, 2.05) is 50.3 Å². The summed E-state index contributed by atoms with van der Waals surface area (Å²) in [6, 6.07) is 7.88. The number of amides is 4. The third-order valence-electron chi connectivity index (χ3n) is 7.39. The Morgan fingerprint density at radius 3 is 2.49 bits per heavy atom. The van der Waals surface area contributed by atoms with Gasteiger partial charge in [0.05, 0.1) is 10.9 Å². The molecule has 0 saturated carbocycles. The summed E-state index contributed by atoms with van der Waals surface area (Å²) >= 11 is 0. The number of aryl methyl sites for hydroxylation is 1. The molecule has 4 N–H and O–H groups in total. The van der Waals surface area contributed by atoms with Gasteiger partial charge < -0.3 is 16.0 Å². The Morgan fingerprint density at radius 1 is 1.12 bits per heavy atom. The molecule has 2 aromatic rings. The van der Waals surface area contributed by atoms with E-state index in [1.165, 1.54) is 5.01 Å². The minimum absolute atomic E-state index is 0.193. The van der Waals surface area contributed by atoms with E-state index in [2.05, 4.69) is 39.4 Å². The highest BCUT2D eigenvalue weighted by molar-refractivity contribution is 5.94. The van der Waals surface area contributed by atoms with Gasteiger partial charge >= 0.3 is 0 Å². The topological polar surface area (TPSA) is 133 Å². The van der Waals surface area contributed by atoms with Crippen LogP contribution in [-0.4, -0.2) is 65.3 Å². The fraction of sp³-hybridized carbons (Fsp3) is 0.516. The minimum Gasteiger partial charge on any atom is -0.358 e. The number of likely N-dealkylation sites (N-methyl/N-ethyl adjacent to an activating group) is 1. The molecule has 222 valence electrons. The first-order valence-corrected chi connectivity index (χ1v) is 14.4. The van der Waals surface area contributed by atoms with Gasteiger partial charge in [0.2, 0.25) is 17.7 Å². The Labute approximate surface area is 242 Å². The Morgan fingerprint density at radius 2 is 1.83 bits per heavy atom. The molecular formula is C31H44N6O4. The van der Waals surface area contributed by atoms with Crippen LogP contribution in [0.2, 0.25) is 0 Å². The second-order valence-corrected chi connectivity index (χ2v) is 11.5. The Kier molecular flexibility index (Phi) is 10.6. The molecule has 1 aliphatic rings. The number of fused-ring (bicyclic) bond motifs is 1. The SMILES string of the molecule is CCc1ccc2ccc(/C=C/C(C)(C)C(=O)NC(C(=O)NC(C)C(=O)N3CCCC(C(=O)NC)N3)C(C)C)cc2n1. The lowest BCUT2D eigenvalue weighted by Crippen LogP contribution is -2.61. The van der Waals surface area contributed by atoms with Crippen molar-refractivity contribution in [2.75, 3.05) is 13.6 Å². The van der Waals surface area contributed by atoms with E-state index >= 15 is 0 Å². The molecule has 0 bridgehead atoms. The summed E-state index contributed by atoms with van der Waals surface area (Å²) in [5.41, 5.74) is 4.88. The van der Waals surface area contributed by atoms with Crippen LogP contribution in [-0.2, 0) is 25.6 Å². The molecule has 41 heavy (non-hydrogen) atoms. The lowest BCUT2D eigenvalue weighted by Gasteiger charge is -2.35. The summed E-state index contributed by atoms with van der Waals surface area (Å²) in [5, 5.41) is 10.7. The zero-order valence-electron chi connectivity index (χ0n) is 25.2. The number of hydrogen-bond donors (Lipinski definition) is 4. The monoisotopic (exact) mass is 564 g/mol. The maximum absolute atomic E-state index is 13.3. The molecule has 10 nitrogen and oxygen atoms in total. The van der Waals surface area contributed by atoms with Crippen molar-refractivity contribution in [1.29, 1.82) is 0 Å². The van der Waals surface area contributed by atoms with Gasteiger partial charge in [-0.25, -0.2) is 5.43 Å². The number of nitrogens with zero attached hydrogens (tertiary/aromatic N) is 2. The average Bonchev–Trinajstić information content (AvgIpc) is 2.96. The number of aromatic nitrogens is 1. The third-order valence-corrected chi connectivity index (χ3v) is 7.39. The molecule has 0 aliphatic carbocycles. The van der Waals surface area contributed by atoms with Crippen molar-refractivity contribution in [2.45, 2.75) is 78.9 Å². The van der Waals surface area contributed by atoms with Gasteiger partial charge in [-0.15, -0.1) is 0 Å². The smallest absolute Gasteiger partial charge is 0.258 e. The van der Waals surface area contributed by atoms with E-state index in [1.54, 1.807) is 27.8 Å². The van der Waals surface area contributed by atoms with Gasteiger partial charge in [0, 0.05) is 24.7 Å². The van der Waals surface area contributed by atoms with Crippen LogP contribution in [0.4, 0.5) is 0 Å². The van der Waals surface area contributed by atoms with Crippen molar-refractivity contribution in [3.05, 3.63) is 47.7 Å². The predicted molar refractivity (Wildman–Crippen MR) is 160 cm³/mol. The van der Waals surface area contributed by atoms with E-state index < -0.39 is 29.4 Å².